The number of halogens is 3. The molecule has 0 aliphatic carbocycles. The summed E-state index contributed by atoms with van der Waals surface area (Å²) >= 11 is 6.00. The summed E-state index contributed by atoms with van der Waals surface area (Å²) in [5.74, 6) is -0.904. The second-order valence-electron chi connectivity index (χ2n) is 4.96. The molecule has 1 N–H and O–H groups in total. The molecule has 0 aliphatic rings. The van der Waals surface area contributed by atoms with Gasteiger partial charge in [0, 0.05) is 23.2 Å². The molecule has 0 spiro atoms. The van der Waals surface area contributed by atoms with Gasteiger partial charge in [-0.05, 0) is 41.5 Å². The average molecular weight is 296 g/mol. The third kappa shape index (κ3) is 3.56. The molecule has 0 saturated carbocycles. The largest absolute Gasteiger partial charge is 0.310 e. The number of hydrogen-bond donors (Lipinski definition) is 1. The lowest BCUT2D eigenvalue weighted by atomic mass is 9.99. The topological polar surface area (TPSA) is 12.0 Å². The normalized spacial score (nSPS) is 11.1. The summed E-state index contributed by atoms with van der Waals surface area (Å²) in [7, 11) is 0. The average Bonchev–Trinajstić information content (AvgIpc) is 2.39. The van der Waals surface area contributed by atoms with Crippen LogP contribution in [0.15, 0.2) is 36.4 Å². The zero-order valence-corrected chi connectivity index (χ0v) is 12.1. The Bertz CT molecular complexity index is 611. The van der Waals surface area contributed by atoms with E-state index in [-0.39, 0.29) is 5.56 Å². The van der Waals surface area contributed by atoms with Crippen LogP contribution in [0, 0.1) is 11.6 Å². The molecule has 0 atom stereocenters. The smallest absolute Gasteiger partial charge is 0.131 e. The summed E-state index contributed by atoms with van der Waals surface area (Å²) < 4.78 is 27.3. The van der Waals surface area contributed by atoms with Gasteiger partial charge in [-0.3, -0.25) is 0 Å². The van der Waals surface area contributed by atoms with Crippen molar-refractivity contribution >= 4 is 11.6 Å². The summed E-state index contributed by atoms with van der Waals surface area (Å²) in [6, 6.07) is 8.92. The van der Waals surface area contributed by atoms with Gasteiger partial charge in [-0.25, -0.2) is 8.78 Å². The maximum Gasteiger partial charge on any atom is 0.131 e. The molecule has 0 heterocycles. The summed E-state index contributed by atoms with van der Waals surface area (Å²) in [5, 5.41) is 3.83. The second kappa shape index (κ2) is 6.33. The van der Waals surface area contributed by atoms with Crippen LogP contribution in [0.5, 0.6) is 0 Å². The molecule has 2 aromatic carbocycles. The Morgan fingerprint density at radius 3 is 2.50 bits per heavy atom. The van der Waals surface area contributed by atoms with E-state index in [1.165, 1.54) is 6.07 Å². The van der Waals surface area contributed by atoms with Crippen LogP contribution in [0.1, 0.15) is 19.4 Å². The highest BCUT2D eigenvalue weighted by atomic mass is 35.5. The van der Waals surface area contributed by atoms with Crippen LogP contribution >= 0.6 is 11.6 Å². The fourth-order valence-corrected chi connectivity index (χ4v) is 2.18. The quantitative estimate of drug-likeness (QED) is 0.855. The molecule has 0 fully saturated rings. The van der Waals surface area contributed by atoms with E-state index in [0.717, 1.165) is 17.7 Å². The molecule has 0 aromatic heterocycles. The Morgan fingerprint density at radius 1 is 1.05 bits per heavy atom. The van der Waals surface area contributed by atoms with E-state index in [1.54, 1.807) is 18.2 Å². The van der Waals surface area contributed by atoms with Gasteiger partial charge in [-0.15, -0.1) is 0 Å². The molecule has 2 aromatic rings. The molecule has 1 nitrogen and oxygen atoms in total. The van der Waals surface area contributed by atoms with Gasteiger partial charge in [-0.2, -0.15) is 0 Å². The maximum absolute atomic E-state index is 13.9. The van der Waals surface area contributed by atoms with Crippen LogP contribution in [0.3, 0.4) is 0 Å². The van der Waals surface area contributed by atoms with E-state index >= 15 is 0 Å². The van der Waals surface area contributed by atoms with Gasteiger partial charge in [0.15, 0.2) is 0 Å². The van der Waals surface area contributed by atoms with E-state index in [1.807, 2.05) is 13.8 Å². The van der Waals surface area contributed by atoms with Gasteiger partial charge in [0.1, 0.15) is 11.6 Å². The molecule has 4 heteroatoms. The van der Waals surface area contributed by atoms with Crippen LogP contribution in [-0.4, -0.2) is 6.04 Å². The highest BCUT2D eigenvalue weighted by molar-refractivity contribution is 6.30. The van der Waals surface area contributed by atoms with Gasteiger partial charge in [0.25, 0.3) is 0 Å². The van der Waals surface area contributed by atoms with Crippen molar-refractivity contribution < 1.29 is 8.78 Å². The number of rotatable bonds is 4. The fourth-order valence-electron chi connectivity index (χ4n) is 1.99. The van der Waals surface area contributed by atoms with Gasteiger partial charge >= 0.3 is 0 Å². The van der Waals surface area contributed by atoms with Crippen molar-refractivity contribution in [1.29, 1.82) is 0 Å². The van der Waals surface area contributed by atoms with Gasteiger partial charge in [-0.1, -0.05) is 31.5 Å². The molecule has 0 unspecified atom stereocenters. The molecule has 0 bridgehead atoms. The first kappa shape index (κ1) is 14.9. The van der Waals surface area contributed by atoms with Crippen LogP contribution < -0.4 is 5.32 Å². The molecule has 2 rings (SSSR count). The summed E-state index contributed by atoms with van der Waals surface area (Å²) in [4.78, 5) is 0. The minimum Gasteiger partial charge on any atom is -0.310 e. The van der Waals surface area contributed by atoms with Crippen molar-refractivity contribution in [3.8, 4) is 11.1 Å². The van der Waals surface area contributed by atoms with Crippen LogP contribution in [0.2, 0.25) is 5.02 Å². The Hall–Kier alpha value is -1.45. The molecular weight excluding hydrogens is 280 g/mol. The third-order valence-corrected chi connectivity index (χ3v) is 3.22. The third-order valence-electron chi connectivity index (χ3n) is 2.99. The lowest BCUT2D eigenvalue weighted by molar-refractivity contribution is 0.587. The van der Waals surface area contributed by atoms with E-state index in [4.69, 9.17) is 11.6 Å². The predicted octanol–water partition coefficient (Wildman–Crippen LogP) is 4.78. The molecule has 0 aliphatic heterocycles. The SMILES string of the molecule is CC(C)NCc1cc(Cl)ccc1-c1cc(F)ccc1F. The molecule has 20 heavy (non-hydrogen) atoms. The number of nitrogens with one attached hydrogen (secondary N) is 1. The molecule has 0 amide bonds. The summed E-state index contributed by atoms with van der Waals surface area (Å²) in [5.41, 5.74) is 1.75. The Kier molecular flexibility index (Phi) is 4.73. The van der Waals surface area contributed by atoms with E-state index in [2.05, 4.69) is 5.32 Å². The molecule has 0 saturated heterocycles. The number of hydrogen-bond acceptors (Lipinski definition) is 1. The van der Waals surface area contributed by atoms with Crippen LogP contribution in [-0.2, 0) is 6.54 Å². The van der Waals surface area contributed by atoms with Crippen molar-refractivity contribution in [2.45, 2.75) is 26.4 Å². The zero-order valence-electron chi connectivity index (χ0n) is 11.4. The summed E-state index contributed by atoms with van der Waals surface area (Å²) in [6.07, 6.45) is 0. The summed E-state index contributed by atoms with van der Waals surface area (Å²) in [6.45, 7) is 4.59. The van der Waals surface area contributed by atoms with E-state index < -0.39 is 11.6 Å². The minimum atomic E-state index is -0.459. The first-order valence-electron chi connectivity index (χ1n) is 6.44. The van der Waals surface area contributed by atoms with Crippen molar-refractivity contribution in [2.75, 3.05) is 0 Å². The van der Waals surface area contributed by atoms with Crippen LogP contribution in [0.25, 0.3) is 11.1 Å². The first-order chi connectivity index (χ1) is 9.47. The minimum absolute atomic E-state index is 0.252. The van der Waals surface area contributed by atoms with Crippen molar-refractivity contribution in [2.24, 2.45) is 0 Å². The standard InChI is InChI=1S/C16H16ClF2N/c1-10(2)20-9-11-7-12(17)3-5-14(11)15-8-13(18)4-6-16(15)19/h3-8,10,20H,9H2,1-2H3. The maximum atomic E-state index is 13.9. The fraction of sp³-hybridized carbons (Fsp3) is 0.250. The van der Waals surface area contributed by atoms with Crippen molar-refractivity contribution in [1.82, 2.24) is 5.32 Å². The van der Waals surface area contributed by atoms with Gasteiger partial charge < -0.3 is 5.32 Å². The first-order valence-corrected chi connectivity index (χ1v) is 6.82. The van der Waals surface area contributed by atoms with Crippen molar-refractivity contribution in [3.63, 3.8) is 0 Å². The Morgan fingerprint density at radius 2 is 1.80 bits per heavy atom. The van der Waals surface area contributed by atoms with Gasteiger partial charge in [0.05, 0.1) is 0 Å². The zero-order chi connectivity index (χ0) is 14.7. The highest BCUT2D eigenvalue weighted by Gasteiger charge is 2.12. The van der Waals surface area contributed by atoms with Gasteiger partial charge in [0.2, 0.25) is 0 Å². The molecule has 106 valence electrons. The lowest BCUT2D eigenvalue weighted by Gasteiger charge is -2.14. The van der Waals surface area contributed by atoms with Crippen molar-refractivity contribution in [3.05, 3.63) is 58.6 Å². The second-order valence-corrected chi connectivity index (χ2v) is 5.40. The van der Waals surface area contributed by atoms with E-state index in [9.17, 15) is 8.78 Å². The molecular formula is C16H16ClF2N. The Balaban J connectivity index is 2.47. The highest BCUT2D eigenvalue weighted by Crippen LogP contribution is 2.29. The lowest BCUT2D eigenvalue weighted by Crippen LogP contribution is -2.22. The van der Waals surface area contributed by atoms with E-state index in [0.29, 0.717) is 23.2 Å². The predicted molar refractivity (Wildman–Crippen MR) is 78.8 cm³/mol. The Labute approximate surface area is 122 Å². The number of benzene rings is 2. The van der Waals surface area contributed by atoms with Crippen LogP contribution in [0.4, 0.5) is 8.78 Å². The molecule has 0 radical (unpaired) electrons. The monoisotopic (exact) mass is 295 g/mol.